The molecule has 0 amide bonds. The number of aromatic nitrogens is 2. The Labute approximate surface area is 161 Å². The summed E-state index contributed by atoms with van der Waals surface area (Å²) in [6.45, 7) is 3.26. The topological polar surface area (TPSA) is 83.7 Å². The van der Waals surface area contributed by atoms with Gasteiger partial charge in [-0.05, 0) is 37.6 Å². The molecule has 1 heterocycles. The fourth-order valence-corrected chi connectivity index (χ4v) is 2.57. The van der Waals surface area contributed by atoms with E-state index in [4.69, 9.17) is 18.7 Å². The van der Waals surface area contributed by atoms with E-state index in [2.05, 4.69) is 10.1 Å². The quantitative estimate of drug-likeness (QED) is 0.589. The first kappa shape index (κ1) is 19.3. The third-order valence-corrected chi connectivity index (χ3v) is 4.13. The van der Waals surface area contributed by atoms with Crippen LogP contribution in [0.5, 0.6) is 11.5 Å². The van der Waals surface area contributed by atoms with E-state index in [1.54, 1.807) is 44.2 Å². The third kappa shape index (κ3) is 3.80. The van der Waals surface area contributed by atoms with Gasteiger partial charge in [-0.25, -0.2) is 9.18 Å². The fraction of sp³-hybridized carbons (Fsp3) is 0.250. The van der Waals surface area contributed by atoms with Gasteiger partial charge in [0, 0.05) is 5.56 Å². The van der Waals surface area contributed by atoms with Crippen molar-refractivity contribution >= 4 is 5.97 Å². The van der Waals surface area contributed by atoms with Gasteiger partial charge in [-0.15, -0.1) is 0 Å². The second-order valence-corrected chi connectivity index (χ2v) is 6.01. The molecule has 8 heteroatoms. The highest BCUT2D eigenvalue weighted by molar-refractivity contribution is 5.93. The van der Waals surface area contributed by atoms with E-state index in [-0.39, 0.29) is 28.8 Å². The Morgan fingerprint density at radius 1 is 1.18 bits per heavy atom. The van der Waals surface area contributed by atoms with Gasteiger partial charge in [-0.3, -0.25) is 0 Å². The highest BCUT2D eigenvalue weighted by Gasteiger charge is 2.23. The number of nitrogens with zero attached hydrogens (tertiary/aromatic N) is 2. The zero-order chi connectivity index (χ0) is 20.3. The molecule has 1 unspecified atom stereocenters. The van der Waals surface area contributed by atoms with Gasteiger partial charge < -0.3 is 18.7 Å². The normalized spacial score (nSPS) is 11.8. The fourth-order valence-electron chi connectivity index (χ4n) is 2.57. The van der Waals surface area contributed by atoms with Crippen molar-refractivity contribution in [3.63, 3.8) is 0 Å². The smallest absolute Gasteiger partial charge is 0.342 e. The Hall–Kier alpha value is -3.42. The minimum Gasteiger partial charge on any atom is -0.493 e. The summed E-state index contributed by atoms with van der Waals surface area (Å²) < 4.78 is 34.8. The van der Waals surface area contributed by atoms with Gasteiger partial charge in [0.15, 0.2) is 17.6 Å². The molecular formula is C20H19FN2O5. The number of ether oxygens (including phenoxy) is 3. The average molecular weight is 386 g/mol. The molecule has 146 valence electrons. The van der Waals surface area contributed by atoms with Crippen molar-refractivity contribution in [3.8, 4) is 22.9 Å². The van der Waals surface area contributed by atoms with Crippen LogP contribution >= 0.6 is 0 Å². The summed E-state index contributed by atoms with van der Waals surface area (Å²) in [7, 11) is 2.91. The van der Waals surface area contributed by atoms with Gasteiger partial charge in [0.25, 0.3) is 5.89 Å². The SMILES string of the molecule is COc1cccc(C(=O)OC(C)c2nc(-c3ccc(C)c(F)c3)no2)c1OC. The predicted octanol–water partition coefficient (Wildman–Crippen LogP) is 4.12. The summed E-state index contributed by atoms with van der Waals surface area (Å²) in [6, 6.07) is 9.51. The lowest BCUT2D eigenvalue weighted by Gasteiger charge is -2.13. The number of hydrogen-bond donors (Lipinski definition) is 0. The standard InChI is InChI=1S/C20H19FN2O5/c1-11-8-9-13(10-15(11)21)18-22-19(28-23-18)12(2)27-20(24)14-6-5-7-16(25-3)17(14)26-4/h5-10,12H,1-4H3. The minimum atomic E-state index is -0.819. The first-order chi connectivity index (χ1) is 13.4. The van der Waals surface area contributed by atoms with Crippen LogP contribution in [0.15, 0.2) is 40.9 Å². The summed E-state index contributed by atoms with van der Waals surface area (Å²) in [6.07, 6.45) is -0.819. The van der Waals surface area contributed by atoms with E-state index in [1.165, 1.54) is 20.3 Å². The number of para-hydroxylation sites is 1. The summed E-state index contributed by atoms with van der Waals surface area (Å²) in [5, 5.41) is 3.83. The lowest BCUT2D eigenvalue weighted by atomic mass is 10.1. The maximum absolute atomic E-state index is 13.7. The van der Waals surface area contributed by atoms with Crippen LogP contribution in [0.1, 0.15) is 34.8 Å². The maximum atomic E-state index is 13.7. The number of carbonyl (C=O) groups is 1. The molecule has 0 N–H and O–H groups in total. The van der Waals surface area contributed by atoms with Crippen molar-refractivity contribution in [3.05, 3.63) is 59.2 Å². The number of hydrogen-bond acceptors (Lipinski definition) is 7. The van der Waals surface area contributed by atoms with Gasteiger partial charge in [-0.1, -0.05) is 23.4 Å². The van der Waals surface area contributed by atoms with Crippen molar-refractivity contribution < 1.29 is 27.9 Å². The Bertz CT molecular complexity index is 1000. The lowest BCUT2D eigenvalue weighted by molar-refractivity contribution is 0.0261. The Balaban J connectivity index is 1.79. The molecule has 0 saturated heterocycles. The number of rotatable bonds is 6. The van der Waals surface area contributed by atoms with E-state index in [0.717, 1.165) is 0 Å². The molecule has 0 spiro atoms. The second kappa shape index (κ2) is 8.08. The van der Waals surface area contributed by atoms with Crippen LogP contribution in [0.25, 0.3) is 11.4 Å². The highest BCUT2D eigenvalue weighted by atomic mass is 19.1. The average Bonchev–Trinajstić information content (AvgIpc) is 3.19. The minimum absolute atomic E-state index is 0.0891. The van der Waals surface area contributed by atoms with E-state index in [0.29, 0.717) is 16.9 Å². The largest absolute Gasteiger partial charge is 0.493 e. The first-order valence-corrected chi connectivity index (χ1v) is 8.46. The molecule has 0 aliphatic heterocycles. The van der Waals surface area contributed by atoms with Crippen LogP contribution in [0.3, 0.4) is 0 Å². The number of methoxy groups -OCH3 is 2. The molecule has 0 radical (unpaired) electrons. The molecule has 1 aromatic heterocycles. The Kier molecular flexibility index (Phi) is 5.58. The van der Waals surface area contributed by atoms with Crippen molar-refractivity contribution in [1.82, 2.24) is 10.1 Å². The maximum Gasteiger partial charge on any atom is 0.342 e. The lowest BCUT2D eigenvalue weighted by Crippen LogP contribution is -2.11. The second-order valence-electron chi connectivity index (χ2n) is 6.01. The van der Waals surface area contributed by atoms with E-state index in [1.807, 2.05) is 0 Å². The van der Waals surface area contributed by atoms with Crippen molar-refractivity contribution in [2.45, 2.75) is 20.0 Å². The van der Waals surface area contributed by atoms with Crippen LogP contribution in [0.4, 0.5) is 4.39 Å². The van der Waals surface area contributed by atoms with Crippen LogP contribution in [0, 0.1) is 12.7 Å². The molecule has 0 aliphatic rings. The molecular weight excluding hydrogens is 367 g/mol. The molecule has 0 bridgehead atoms. The van der Waals surface area contributed by atoms with Crippen LogP contribution in [-0.4, -0.2) is 30.3 Å². The van der Waals surface area contributed by atoms with Gasteiger partial charge in [0.1, 0.15) is 11.4 Å². The number of halogens is 1. The van der Waals surface area contributed by atoms with Gasteiger partial charge in [0.05, 0.1) is 14.2 Å². The van der Waals surface area contributed by atoms with Crippen LogP contribution in [-0.2, 0) is 4.74 Å². The summed E-state index contributed by atoms with van der Waals surface area (Å²) in [5.41, 5.74) is 1.18. The van der Waals surface area contributed by atoms with Crippen molar-refractivity contribution in [2.75, 3.05) is 14.2 Å². The third-order valence-electron chi connectivity index (χ3n) is 4.13. The van der Waals surface area contributed by atoms with Gasteiger partial charge >= 0.3 is 5.97 Å². The number of aryl methyl sites for hydroxylation is 1. The molecule has 3 aromatic rings. The summed E-state index contributed by atoms with van der Waals surface area (Å²) in [4.78, 5) is 16.7. The highest BCUT2D eigenvalue weighted by Crippen LogP contribution is 2.32. The zero-order valence-corrected chi connectivity index (χ0v) is 15.9. The summed E-state index contributed by atoms with van der Waals surface area (Å²) in [5.74, 6) is -0.0330. The Morgan fingerprint density at radius 2 is 1.96 bits per heavy atom. The zero-order valence-electron chi connectivity index (χ0n) is 15.9. The molecule has 28 heavy (non-hydrogen) atoms. The number of carbonyl (C=O) groups excluding carboxylic acids is 1. The molecule has 1 atom stereocenters. The predicted molar refractivity (Wildman–Crippen MR) is 97.8 cm³/mol. The van der Waals surface area contributed by atoms with Crippen molar-refractivity contribution in [1.29, 1.82) is 0 Å². The van der Waals surface area contributed by atoms with Crippen LogP contribution in [0.2, 0.25) is 0 Å². The Morgan fingerprint density at radius 3 is 2.64 bits per heavy atom. The number of benzene rings is 2. The monoisotopic (exact) mass is 386 g/mol. The van der Waals surface area contributed by atoms with E-state index >= 15 is 0 Å². The van der Waals surface area contributed by atoms with E-state index in [9.17, 15) is 9.18 Å². The first-order valence-electron chi connectivity index (χ1n) is 8.46. The summed E-state index contributed by atoms with van der Waals surface area (Å²) >= 11 is 0. The van der Waals surface area contributed by atoms with Gasteiger partial charge in [-0.2, -0.15) is 4.98 Å². The van der Waals surface area contributed by atoms with Crippen molar-refractivity contribution in [2.24, 2.45) is 0 Å². The molecule has 3 rings (SSSR count). The molecule has 7 nitrogen and oxygen atoms in total. The molecule has 0 saturated carbocycles. The number of esters is 1. The molecule has 0 aliphatic carbocycles. The van der Waals surface area contributed by atoms with Gasteiger partial charge in [0.2, 0.25) is 5.82 Å². The molecule has 0 fully saturated rings. The van der Waals surface area contributed by atoms with Crippen LogP contribution < -0.4 is 9.47 Å². The van der Waals surface area contributed by atoms with E-state index < -0.39 is 12.1 Å². The molecule has 2 aromatic carbocycles.